The lowest BCUT2D eigenvalue weighted by atomic mass is 10.1. The van der Waals surface area contributed by atoms with Crippen LogP contribution in [0.2, 0.25) is 5.02 Å². The molecule has 5 nitrogen and oxygen atoms in total. The van der Waals surface area contributed by atoms with Crippen molar-refractivity contribution in [2.45, 2.75) is 6.18 Å². The number of para-hydroxylation sites is 1. The number of halogens is 5. The summed E-state index contributed by atoms with van der Waals surface area (Å²) in [5.74, 6) is -0.253. The van der Waals surface area contributed by atoms with E-state index in [4.69, 9.17) is 11.6 Å². The first-order valence-corrected chi connectivity index (χ1v) is 10.2. The molecular formula is C22H12BrClF3N3O2. The number of rotatable bonds is 3. The summed E-state index contributed by atoms with van der Waals surface area (Å²) in [4.78, 5) is 17.5. The van der Waals surface area contributed by atoms with Crippen molar-refractivity contribution in [1.29, 1.82) is 0 Å². The molecule has 0 saturated heterocycles. The zero-order valence-electron chi connectivity index (χ0n) is 15.9. The van der Waals surface area contributed by atoms with E-state index < -0.39 is 17.3 Å². The summed E-state index contributed by atoms with van der Waals surface area (Å²) >= 11 is 9.17. The minimum absolute atomic E-state index is 0.0522. The molecule has 1 aromatic heterocycles. The molecule has 10 heteroatoms. The average molecular weight is 523 g/mol. The molecule has 0 spiro atoms. The minimum Gasteiger partial charge on any atom is -0.506 e. The van der Waals surface area contributed by atoms with E-state index in [1.807, 2.05) is 0 Å². The van der Waals surface area contributed by atoms with Gasteiger partial charge in [0.2, 0.25) is 0 Å². The Morgan fingerprint density at radius 2 is 1.84 bits per heavy atom. The number of aromatic hydroxyl groups is 1. The monoisotopic (exact) mass is 521 g/mol. The van der Waals surface area contributed by atoms with Crippen LogP contribution in [0, 0.1) is 0 Å². The fourth-order valence-corrected chi connectivity index (χ4v) is 3.89. The van der Waals surface area contributed by atoms with E-state index in [0.29, 0.717) is 15.0 Å². The molecule has 0 unspecified atom stereocenters. The van der Waals surface area contributed by atoms with Crippen LogP contribution in [0.3, 0.4) is 0 Å². The maximum Gasteiger partial charge on any atom is 0.416 e. The van der Waals surface area contributed by atoms with Gasteiger partial charge in [-0.15, -0.1) is 0 Å². The van der Waals surface area contributed by atoms with E-state index in [-0.39, 0.29) is 28.1 Å². The van der Waals surface area contributed by atoms with Gasteiger partial charge in [-0.25, -0.2) is 4.98 Å². The lowest BCUT2D eigenvalue weighted by molar-refractivity contribution is -0.137. The van der Waals surface area contributed by atoms with Gasteiger partial charge in [-0.3, -0.25) is 4.79 Å². The molecule has 0 bridgehead atoms. The fourth-order valence-electron chi connectivity index (χ4n) is 3.06. The van der Waals surface area contributed by atoms with Crippen LogP contribution < -0.4 is 5.56 Å². The van der Waals surface area contributed by atoms with E-state index in [9.17, 15) is 23.1 Å². The van der Waals surface area contributed by atoms with Gasteiger partial charge in [0.25, 0.3) is 5.56 Å². The molecule has 3 aromatic carbocycles. The normalized spacial score (nSPS) is 12.0. The van der Waals surface area contributed by atoms with Gasteiger partial charge in [-0.05, 0) is 52.3 Å². The lowest BCUT2D eigenvalue weighted by Crippen LogP contribution is -2.20. The molecule has 0 saturated carbocycles. The average Bonchev–Trinajstić information content (AvgIpc) is 2.75. The number of phenolic OH excluding ortho intramolecular Hbond substituents is 1. The number of alkyl halides is 3. The van der Waals surface area contributed by atoms with E-state index in [1.165, 1.54) is 30.5 Å². The van der Waals surface area contributed by atoms with E-state index >= 15 is 0 Å². The summed E-state index contributed by atoms with van der Waals surface area (Å²) in [7, 11) is 0. The zero-order valence-corrected chi connectivity index (χ0v) is 18.3. The predicted octanol–water partition coefficient (Wildman–Crippen LogP) is 6.09. The molecule has 0 aliphatic carbocycles. The Hall–Kier alpha value is -3.17. The summed E-state index contributed by atoms with van der Waals surface area (Å²) in [5, 5.41) is 14.9. The first kappa shape index (κ1) is 22.0. The highest BCUT2D eigenvalue weighted by atomic mass is 79.9. The summed E-state index contributed by atoms with van der Waals surface area (Å²) in [6, 6.07) is 13.8. The predicted molar refractivity (Wildman–Crippen MR) is 120 cm³/mol. The van der Waals surface area contributed by atoms with Gasteiger partial charge in [-0.2, -0.15) is 22.9 Å². The van der Waals surface area contributed by atoms with Gasteiger partial charge in [0.1, 0.15) is 5.75 Å². The van der Waals surface area contributed by atoms with Gasteiger partial charge < -0.3 is 5.11 Å². The van der Waals surface area contributed by atoms with E-state index in [0.717, 1.165) is 16.8 Å². The topological polar surface area (TPSA) is 67.5 Å². The van der Waals surface area contributed by atoms with Crippen LogP contribution >= 0.6 is 27.5 Å². The number of nitrogens with zero attached hydrogens (tertiary/aromatic N) is 3. The third kappa shape index (κ3) is 4.26. The minimum atomic E-state index is -4.57. The SMILES string of the molecule is O=c1c2ccccc2nc(-c2cccc(C(F)(F)F)c2)n1N=Cc1cc(Cl)cc(Br)c1O. The molecule has 1 heterocycles. The smallest absolute Gasteiger partial charge is 0.416 e. The van der Waals surface area contributed by atoms with Crippen LogP contribution in [0.5, 0.6) is 5.75 Å². The van der Waals surface area contributed by atoms with Crippen LogP contribution in [-0.4, -0.2) is 21.0 Å². The Kier molecular flexibility index (Phi) is 5.79. The van der Waals surface area contributed by atoms with Crippen molar-refractivity contribution in [3.63, 3.8) is 0 Å². The van der Waals surface area contributed by atoms with Crippen LogP contribution in [0.4, 0.5) is 13.2 Å². The number of aromatic nitrogens is 2. The first-order chi connectivity index (χ1) is 15.1. The second-order valence-electron chi connectivity index (χ2n) is 6.72. The summed E-state index contributed by atoms with van der Waals surface area (Å²) < 4.78 is 40.9. The quantitative estimate of drug-likeness (QED) is 0.331. The van der Waals surface area contributed by atoms with Crippen molar-refractivity contribution >= 4 is 44.6 Å². The molecular weight excluding hydrogens is 511 g/mol. The number of fused-ring (bicyclic) bond motifs is 1. The highest BCUT2D eigenvalue weighted by Gasteiger charge is 2.31. The molecule has 0 aliphatic heterocycles. The van der Waals surface area contributed by atoms with Gasteiger partial charge in [0.05, 0.1) is 27.2 Å². The molecule has 32 heavy (non-hydrogen) atoms. The van der Waals surface area contributed by atoms with Crippen LogP contribution in [0.15, 0.2) is 75.0 Å². The van der Waals surface area contributed by atoms with Crippen molar-refractivity contribution < 1.29 is 18.3 Å². The number of hydrogen-bond acceptors (Lipinski definition) is 4. The fraction of sp³-hybridized carbons (Fsp3) is 0.0455. The standard InChI is InChI=1S/C22H12BrClF3N3O2/c23-17-10-15(24)9-13(19(17)31)11-28-30-20(12-4-3-5-14(8-12)22(25,26)27)29-18-7-2-1-6-16(18)21(30)32/h1-11,31H. The number of phenols is 1. The van der Waals surface area contributed by atoms with Gasteiger partial charge in [0.15, 0.2) is 5.82 Å². The van der Waals surface area contributed by atoms with Crippen molar-refractivity contribution in [2.75, 3.05) is 0 Å². The van der Waals surface area contributed by atoms with Crippen molar-refractivity contribution in [2.24, 2.45) is 5.10 Å². The van der Waals surface area contributed by atoms with Gasteiger partial charge >= 0.3 is 6.18 Å². The molecule has 4 rings (SSSR count). The molecule has 0 amide bonds. The second-order valence-corrected chi connectivity index (χ2v) is 8.01. The molecule has 162 valence electrons. The summed E-state index contributed by atoms with van der Waals surface area (Å²) in [6.45, 7) is 0. The maximum atomic E-state index is 13.2. The number of hydrogen-bond donors (Lipinski definition) is 1. The Morgan fingerprint density at radius 3 is 2.59 bits per heavy atom. The molecule has 4 aromatic rings. The Morgan fingerprint density at radius 1 is 1.09 bits per heavy atom. The Bertz CT molecular complexity index is 1430. The summed E-state index contributed by atoms with van der Waals surface area (Å²) in [5.41, 5.74) is -0.912. The second kappa shape index (κ2) is 8.40. The molecule has 1 N–H and O–H groups in total. The Labute approximate surface area is 192 Å². The van der Waals surface area contributed by atoms with Crippen molar-refractivity contribution in [3.05, 3.63) is 91.6 Å². The van der Waals surface area contributed by atoms with E-state index in [2.05, 4.69) is 26.0 Å². The first-order valence-electron chi connectivity index (χ1n) is 9.07. The molecule has 0 atom stereocenters. The van der Waals surface area contributed by atoms with Gasteiger partial charge in [-0.1, -0.05) is 35.9 Å². The van der Waals surface area contributed by atoms with Gasteiger partial charge in [0, 0.05) is 16.1 Å². The zero-order chi connectivity index (χ0) is 23.0. The largest absolute Gasteiger partial charge is 0.506 e. The molecule has 0 aliphatic rings. The van der Waals surface area contributed by atoms with E-state index in [1.54, 1.807) is 24.3 Å². The third-order valence-electron chi connectivity index (χ3n) is 4.57. The highest BCUT2D eigenvalue weighted by Crippen LogP contribution is 2.32. The third-order valence-corrected chi connectivity index (χ3v) is 5.39. The van der Waals surface area contributed by atoms with Crippen LogP contribution in [0.1, 0.15) is 11.1 Å². The van der Waals surface area contributed by atoms with Crippen molar-refractivity contribution in [1.82, 2.24) is 9.66 Å². The van der Waals surface area contributed by atoms with Crippen LogP contribution in [0.25, 0.3) is 22.3 Å². The van der Waals surface area contributed by atoms with Crippen LogP contribution in [-0.2, 0) is 6.18 Å². The van der Waals surface area contributed by atoms with Crippen molar-refractivity contribution in [3.8, 4) is 17.1 Å². The number of benzene rings is 3. The Balaban J connectivity index is 1.96. The summed E-state index contributed by atoms with van der Waals surface area (Å²) in [6.07, 6.45) is -3.39. The molecule has 0 fully saturated rings. The molecule has 0 radical (unpaired) electrons. The highest BCUT2D eigenvalue weighted by molar-refractivity contribution is 9.10. The maximum absolute atomic E-state index is 13.2. The lowest BCUT2D eigenvalue weighted by Gasteiger charge is -2.12.